The minimum Gasteiger partial charge on any atom is -0.359 e. The molecule has 3 nitrogen and oxygen atoms in total. The molecule has 1 saturated heterocycles. The zero-order valence-electron chi connectivity index (χ0n) is 5.58. The highest BCUT2D eigenvalue weighted by molar-refractivity contribution is 8.11. The van der Waals surface area contributed by atoms with E-state index in [1.54, 1.807) is 0 Å². The SMILES string of the molecule is NC(=O)SN1CCSCC1. The first kappa shape index (κ1) is 8.23. The van der Waals surface area contributed by atoms with Crippen LogP contribution in [0, 0.1) is 0 Å². The van der Waals surface area contributed by atoms with Crippen molar-refractivity contribution in [3.05, 3.63) is 0 Å². The zero-order valence-corrected chi connectivity index (χ0v) is 7.21. The predicted molar refractivity (Wildman–Crippen MR) is 46.1 cm³/mol. The summed E-state index contributed by atoms with van der Waals surface area (Å²) < 4.78 is 2.01. The Bertz CT molecular complexity index is 125. The first-order valence-corrected chi connectivity index (χ1v) is 5.02. The van der Waals surface area contributed by atoms with Crippen LogP contribution in [0.25, 0.3) is 0 Å². The Balaban J connectivity index is 2.19. The fraction of sp³-hybridized carbons (Fsp3) is 0.800. The molecule has 0 radical (unpaired) electrons. The number of thioether (sulfide) groups is 1. The largest absolute Gasteiger partial charge is 0.359 e. The lowest BCUT2D eigenvalue weighted by Crippen LogP contribution is -2.29. The second-order valence-electron chi connectivity index (χ2n) is 1.95. The Kier molecular flexibility index (Phi) is 3.37. The van der Waals surface area contributed by atoms with Crippen molar-refractivity contribution < 1.29 is 4.79 Å². The van der Waals surface area contributed by atoms with E-state index in [9.17, 15) is 4.79 Å². The molecule has 0 atom stereocenters. The maximum absolute atomic E-state index is 10.4. The maximum Gasteiger partial charge on any atom is 0.291 e. The highest BCUT2D eigenvalue weighted by Crippen LogP contribution is 2.16. The van der Waals surface area contributed by atoms with Crippen LogP contribution in [0.15, 0.2) is 0 Å². The summed E-state index contributed by atoms with van der Waals surface area (Å²) >= 11 is 3.05. The van der Waals surface area contributed by atoms with Crippen LogP contribution >= 0.6 is 23.7 Å². The summed E-state index contributed by atoms with van der Waals surface area (Å²) in [5.41, 5.74) is 5.00. The molecule has 0 aromatic carbocycles. The van der Waals surface area contributed by atoms with E-state index in [0.717, 1.165) is 36.5 Å². The molecule has 1 amide bonds. The van der Waals surface area contributed by atoms with Crippen molar-refractivity contribution in [2.75, 3.05) is 24.6 Å². The van der Waals surface area contributed by atoms with Crippen LogP contribution in [-0.2, 0) is 0 Å². The molecule has 0 aliphatic carbocycles. The first-order chi connectivity index (χ1) is 4.79. The molecule has 0 spiro atoms. The van der Waals surface area contributed by atoms with Gasteiger partial charge in [-0.15, -0.1) is 0 Å². The Morgan fingerprint density at radius 1 is 1.50 bits per heavy atom. The maximum atomic E-state index is 10.4. The van der Waals surface area contributed by atoms with Gasteiger partial charge in [0.2, 0.25) is 0 Å². The molecule has 10 heavy (non-hydrogen) atoms. The van der Waals surface area contributed by atoms with Gasteiger partial charge >= 0.3 is 0 Å². The number of rotatable bonds is 1. The molecule has 1 rings (SSSR count). The Labute approximate surface area is 68.8 Å². The smallest absolute Gasteiger partial charge is 0.291 e. The average Bonchev–Trinajstić information content (AvgIpc) is 1.88. The van der Waals surface area contributed by atoms with E-state index in [0.29, 0.717) is 0 Å². The molecule has 0 saturated carbocycles. The highest BCUT2D eigenvalue weighted by atomic mass is 32.2. The third-order valence-electron chi connectivity index (χ3n) is 1.19. The van der Waals surface area contributed by atoms with Crippen LogP contribution in [0.3, 0.4) is 0 Å². The number of hydrogen-bond donors (Lipinski definition) is 1. The molecule has 58 valence electrons. The van der Waals surface area contributed by atoms with E-state index >= 15 is 0 Å². The minimum atomic E-state index is -0.299. The van der Waals surface area contributed by atoms with Crippen molar-refractivity contribution in [2.45, 2.75) is 0 Å². The number of amides is 1. The molecular formula is C5H10N2OS2. The third kappa shape index (κ3) is 2.81. The second-order valence-corrected chi connectivity index (χ2v) is 4.28. The summed E-state index contributed by atoms with van der Waals surface area (Å²) in [6, 6.07) is 0. The standard InChI is InChI=1S/C5H10N2OS2/c6-5(8)10-7-1-3-9-4-2-7/h1-4H2,(H2,6,8). The van der Waals surface area contributed by atoms with Gasteiger partial charge in [-0.2, -0.15) is 11.8 Å². The van der Waals surface area contributed by atoms with Gasteiger partial charge < -0.3 is 5.73 Å². The van der Waals surface area contributed by atoms with Crippen molar-refractivity contribution in [3.63, 3.8) is 0 Å². The molecule has 0 aromatic rings. The number of hydrogen-bond acceptors (Lipinski definition) is 4. The molecule has 1 heterocycles. The quantitative estimate of drug-likeness (QED) is 0.602. The summed E-state index contributed by atoms with van der Waals surface area (Å²) in [4.78, 5) is 10.4. The zero-order chi connectivity index (χ0) is 7.40. The monoisotopic (exact) mass is 178 g/mol. The molecule has 1 aliphatic heterocycles. The molecule has 0 aromatic heterocycles. The van der Waals surface area contributed by atoms with Crippen LogP contribution in [0.2, 0.25) is 0 Å². The summed E-state index contributed by atoms with van der Waals surface area (Å²) in [7, 11) is 0. The van der Waals surface area contributed by atoms with E-state index in [4.69, 9.17) is 5.73 Å². The Hall–Kier alpha value is 0.130. The van der Waals surface area contributed by atoms with Gasteiger partial charge in [-0.05, 0) is 0 Å². The van der Waals surface area contributed by atoms with Crippen LogP contribution < -0.4 is 5.73 Å². The highest BCUT2D eigenvalue weighted by Gasteiger charge is 2.12. The number of carbonyl (C=O) groups excluding carboxylic acids is 1. The lowest BCUT2D eigenvalue weighted by Gasteiger charge is -2.22. The lowest BCUT2D eigenvalue weighted by molar-refractivity contribution is 0.266. The molecule has 0 bridgehead atoms. The number of carbonyl (C=O) groups is 1. The van der Waals surface area contributed by atoms with Gasteiger partial charge in [-0.1, -0.05) is 0 Å². The average molecular weight is 178 g/mol. The first-order valence-electron chi connectivity index (χ1n) is 3.09. The van der Waals surface area contributed by atoms with Gasteiger partial charge in [0.1, 0.15) is 0 Å². The molecular weight excluding hydrogens is 168 g/mol. The molecule has 1 aliphatic rings. The lowest BCUT2D eigenvalue weighted by atomic mass is 10.6. The Morgan fingerprint density at radius 3 is 2.60 bits per heavy atom. The van der Waals surface area contributed by atoms with Crippen LogP contribution in [-0.4, -0.2) is 34.1 Å². The molecule has 2 N–H and O–H groups in total. The Morgan fingerprint density at radius 2 is 2.10 bits per heavy atom. The van der Waals surface area contributed by atoms with Gasteiger partial charge in [0.05, 0.1) is 0 Å². The third-order valence-corrected chi connectivity index (χ3v) is 2.93. The van der Waals surface area contributed by atoms with Gasteiger partial charge in [-0.3, -0.25) is 4.79 Å². The van der Waals surface area contributed by atoms with E-state index in [1.807, 2.05) is 16.1 Å². The van der Waals surface area contributed by atoms with Crippen LogP contribution in [0.4, 0.5) is 4.79 Å². The van der Waals surface area contributed by atoms with Gasteiger partial charge in [0.25, 0.3) is 5.24 Å². The summed E-state index contributed by atoms with van der Waals surface area (Å²) in [5, 5.41) is -0.299. The fourth-order valence-electron chi connectivity index (χ4n) is 0.765. The summed E-state index contributed by atoms with van der Waals surface area (Å²) in [5.74, 6) is 2.22. The van der Waals surface area contributed by atoms with E-state index < -0.39 is 0 Å². The number of nitrogens with zero attached hydrogens (tertiary/aromatic N) is 1. The summed E-state index contributed by atoms with van der Waals surface area (Å²) in [6.45, 7) is 1.94. The second kappa shape index (κ2) is 4.10. The number of nitrogens with two attached hydrogens (primary N) is 1. The number of primary amides is 1. The van der Waals surface area contributed by atoms with E-state index in [2.05, 4.69) is 0 Å². The van der Waals surface area contributed by atoms with E-state index in [-0.39, 0.29) is 5.24 Å². The van der Waals surface area contributed by atoms with Crippen molar-refractivity contribution in [1.29, 1.82) is 0 Å². The van der Waals surface area contributed by atoms with Crippen molar-refractivity contribution in [3.8, 4) is 0 Å². The topological polar surface area (TPSA) is 46.3 Å². The van der Waals surface area contributed by atoms with Gasteiger partial charge in [0, 0.05) is 36.5 Å². The van der Waals surface area contributed by atoms with Gasteiger partial charge in [-0.25, -0.2) is 4.31 Å². The van der Waals surface area contributed by atoms with Crippen molar-refractivity contribution in [1.82, 2.24) is 4.31 Å². The van der Waals surface area contributed by atoms with E-state index in [1.165, 1.54) is 0 Å². The van der Waals surface area contributed by atoms with Crippen molar-refractivity contribution in [2.24, 2.45) is 5.73 Å². The van der Waals surface area contributed by atoms with Gasteiger partial charge in [0.15, 0.2) is 0 Å². The van der Waals surface area contributed by atoms with Crippen LogP contribution in [0.5, 0.6) is 0 Å². The molecule has 0 unspecified atom stereocenters. The molecule has 1 fully saturated rings. The normalized spacial score (nSPS) is 20.8. The van der Waals surface area contributed by atoms with Crippen LogP contribution in [0.1, 0.15) is 0 Å². The summed E-state index contributed by atoms with van der Waals surface area (Å²) in [6.07, 6.45) is 0. The molecule has 5 heteroatoms. The van der Waals surface area contributed by atoms with Crippen molar-refractivity contribution >= 4 is 28.9 Å². The fourth-order valence-corrected chi connectivity index (χ4v) is 2.52. The minimum absolute atomic E-state index is 0.299. The predicted octanol–water partition coefficient (Wildman–Crippen LogP) is 0.762.